The van der Waals surface area contributed by atoms with E-state index in [1.807, 2.05) is 44.2 Å². The van der Waals surface area contributed by atoms with Crippen LogP contribution in [0.25, 0.3) is 6.08 Å². The van der Waals surface area contributed by atoms with E-state index >= 15 is 0 Å². The van der Waals surface area contributed by atoms with Crippen LogP contribution in [0.3, 0.4) is 0 Å². The predicted octanol–water partition coefficient (Wildman–Crippen LogP) is 4.07. The van der Waals surface area contributed by atoms with Crippen LogP contribution in [-0.4, -0.2) is 16.0 Å². The number of aliphatic carboxylic acids is 1. The van der Waals surface area contributed by atoms with Crippen LogP contribution in [0.15, 0.2) is 30.3 Å². The number of hydrogen-bond acceptors (Lipinski definition) is 1. The van der Waals surface area contributed by atoms with E-state index in [9.17, 15) is 9.90 Å². The lowest BCUT2D eigenvalue weighted by atomic mass is 10.1. The Balaban J connectivity index is 2.19. The topological polar surface area (TPSA) is 37.3 Å². The maximum atomic E-state index is 11.2. The summed E-state index contributed by atoms with van der Waals surface area (Å²) in [6, 6.07) is 7.38. The predicted molar refractivity (Wildman–Crippen MR) is 74.0 cm³/mol. The van der Waals surface area contributed by atoms with Crippen molar-refractivity contribution in [1.82, 2.24) is 0 Å². The monoisotopic (exact) mass is 284 g/mol. The van der Waals surface area contributed by atoms with Gasteiger partial charge in [0.2, 0.25) is 0 Å². The molecule has 0 bridgehead atoms. The molecule has 1 aromatic carbocycles. The lowest BCUT2D eigenvalue weighted by molar-refractivity contribution is -0.138. The van der Waals surface area contributed by atoms with E-state index in [-0.39, 0.29) is 5.92 Å². The first-order valence-corrected chi connectivity index (χ1v) is 6.42. The van der Waals surface area contributed by atoms with Crippen molar-refractivity contribution >= 4 is 35.2 Å². The van der Waals surface area contributed by atoms with Gasteiger partial charge in [-0.25, -0.2) is 0 Å². The highest BCUT2D eigenvalue weighted by molar-refractivity contribution is 6.37. The molecule has 0 radical (unpaired) electrons. The summed E-state index contributed by atoms with van der Waals surface area (Å²) in [7, 11) is 0. The first-order valence-electron chi connectivity index (χ1n) is 5.66. The number of carbonyl (C=O) groups is 1. The van der Waals surface area contributed by atoms with Gasteiger partial charge in [0, 0.05) is 16.4 Å². The molecule has 1 N–H and O–H groups in total. The zero-order valence-electron chi connectivity index (χ0n) is 10.2. The molecule has 2 rings (SSSR count). The molecule has 96 valence electrons. The highest BCUT2D eigenvalue weighted by Gasteiger charge is 2.74. The van der Waals surface area contributed by atoms with Gasteiger partial charge in [-0.3, -0.25) is 4.79 Å². The molecule has 0 saturated heterocycles. The number of rotatable bonds is 3. The molecule has 2 atom stereocenters. The zero-order chi connectivity index (χ0) is 13.6. The summed E-state index contributed by atoms with van der Waals surface area (Å²) in [6.45, 7) is 3.72. The Kier molecular flexibility index (Phi) is 3.20. The van der Waals surface area contributed by atoms with Crippen molar-refractivity contribution in [3.63, 3.8) is 0 Å². The summed E-state index contributed by atoms with van der Waals surface area (Å²) in [6.07, 6.45) is 3.72. The molecule has 1 saturated carbocycles. The molecule has 1 aromatic rings. The molecule has 1 aliphatic rings. The van der Waals surface area contributed by atoms with Gasteiger partial charge in [0.05, 0.1) is 0 Å². The van der Waals surface area contributed by atoms with Gasteiger partial charge in [0.15, 0.2) is 4.87 Å². The molecular formula is C14H14Cl2O2. The number of allylic oxidation sites excluding steroid dienone is 1. The van der Waals surface area contributed by atoms with E-state index in [0.29, 0.717) is 5.02 Å². The van der Waals surface area contributed by atoms with E-state index < -0.39 is 16.3 Å². The largest absolute Gasteiger partial charge is 0.480 e. The molecule has 2 unspecified atom stereocenters. The number of carboxylic acids is 1. The van der Waals surface area contributed by atoms with Gasteiger partial charge in [-0.2, -0.15) is 0 Å². The quantitative estimate of drug-likeness (QED) is 0.850. The van der Waals surface area contributed by atoms with Crippen molar-refractivity contribution in [3.05, 3.63) is 40.9 Å². The average molecular weight is 285 g/mol. The Labute approximate surface area is 116 Å². The first kappa shape index (κ1) is 13.4. The van der Waals surface area contributed by atoms with Crippen molar-refractivity contribution in [1.29, 1.82) is 0 Å². The Morgan fingerprint density at radius 1 is 1.44 bits per heavy atom. The van der Waals surface area contributed by atoms with Gasteiger partial charge >= 0.3 is 5.97 Å². The summed E-state index contributed by atoms with van der Waals surface area (Å²) < 4.78 is 0. The van der Waals surface area contributed by atoms with Crippen LogP contribution in [-0.2, 0) is 4.79 Å². The zero-order valence-corrected chi connectivity index (χ0v) is 11.7. The van der Waals surface area contributed by atoms with Crippen LogP contribution in [0.4, 0.5) is 0 Å². The molecule has 0 amide bonds. The standard InChI is InChI=1S/C14H14Cl2O2/c1-13(2)11(14(13,16)12(17)18)7-6-9-4-3-5-10(15)8-9/h3-8,11H,1-2H3,(H,17,18). The minimum Gasteiger partial charge on any atom is -0.480 e. The number of benzene rings is 1. The molecular weight excluding hydrogens is 271 g/mol. The molecule has 18 heavy (non-hydrogen) atoms. The van der Waals surface area contributed by atoms with Gasteiger partial charge in [0.25, 0.3) is 0 Å². The Hall–Kier alpha value is -0.990. The Morgan fingerprint density at radius 2 is 2.11 bits per heavy atom. The maximum absolute atomic E-state index is 11.2. The first-order chi connectivity index (χ1) is 8.30. The molecule has 1 fully saturated rings. The van der Waals surface area contributed by atoms with Crippen molar-refractivity contribution in [2.24, 2.45) is 11.3 Å². The third-order valence-electron chi connectivity index (χ3n) is 3.70. The van der Waals surface area contributed by atoms with Crippen molar-refractivity contribution in [2.75, 3.05) is 0 Å². The fourth-order valence-electron chi connectivity index (χ4n) is 2.35. The maximum Gasteiger partial charge on any atom is 0.325 e. The second-order valence-corrected chi connectivity index (χ2v) is 6.16. The number of halogens is 2. The lowest BCUT2D eigenvalue weighted by Gasteiger charge is -2.03. The van der Waals surface area contributed by atoms with Crippen LogP contribution >= 0.6 is 23.2 Å². The normalized spacial score (nSPS) is 29.4. The third kappa shape index (κ3) is 1.94. The van der Waals surface area contributed by atoms with Gasteiger partial charge < -0.3 is 5.11 Å². The van der Waals surface area contributed by atoms with Crippen LogP contribution < -0.4 is 0 Å². The summed E-state index contributed by atoms with van der Waals surface area (Å²) in [5.74, 6) is -1.14. The average Bonchev–Trinajstić information content (AvgIpc) is 2.72. The van der Waals surface area contributed by atoms with Crippen molar-refractivity contribution in [2.45, 2.75) is 18.7 Å². The lowest BCUT2D eigenvalue weighted by Crippen LogP contribution is -2.21. The van der Waals surface area contributed by atoms with Crippen LogP contribution in [0.2, 0.25) is 5.02 Å². The summed E-state index contributed by atoms with van der Waals surface area (Å²) in [4.78, 5) is 10.00. The molecule has 2 nitrogen and oxygen atoms in total. The number of carboxylic acid groups (broad SMARTS) is 1. The van der Waals surface area contributed by atoms with Crippen LogP contribution in [0.5, 0.6) is 0 Å². The van der Waals surface area contributed by atoms with Crippen molar-refractivity contribution < 1.29 is 9.90 Å². The van der Waals surface area contributed by atoms with Crippen LogP contribution in [0.1, 0.15) is 19.4 Å². The fraction of sp³-hybridized carbons (Fsp3) is 0.357. The van der Waals surface area contributed by atoms with Gasteiger partial charge in [-0.1, -0.05) is 49.7 Å². The second kappa shape index (κ2) is 4.29. The number of alkyl halides is 1. The minimum absolute atomic E-state index is 0.178. The molecule has 1 aliphatic carbocycles. The molecule has 0 heterocycles. The molecule has 0 spiro atoms. The highest BCUT2D eigenvalue weighted by atomic mass is 35.5. The van der Waals surface area contributed by atoms with Crippen molar-refractivity contribution in [3.8, 4) is 0 Å². The minimum atomic E-state index is -1.19. The molecule has 0 aromatic heterocycles. The van der Waals surface area contributed by atoms with Gasteiger partial charge in [0.1, 0.15) is 0 Å². The molecule has 0 aliphatic heterocycles. The second-order valence-electron chi connectivity index (χ2n) is 5.13. The van der Waals surface area contributed by atoms with E-state index in [0.717, 1.165) is 5.56 Å². The fourth-order valence-corrected chi connectivity index (χ4v) is 2.96. The van der Waals surface area contributed by atoms with E-state index in [2.05, 4.69) is 0 Å². The highest BCUT2D eigenvalue weighted by Crippen LogP contribution is 2.66. The van der Waals surface area contributed by atoms with E-state index in [4.69, 9.17) is 23.2 Å². The summed E-state index contributed by atoms with van der Waals surface area (Å²) in [5, 5.41) is 9.83. The van der Waals surface area contributed by atoms with E-state index in [1.165, 1.54) is 0 Å². The van der Waals surface area contributed by atoms with E-state index in [1.54, 1.807) is 6.07 Å². The number of hydrogen-bond donors (Lipinski definition) is 1. The third-order valence-corrected chi connectivity index (χ3v) is 4.82. The van der Waals surface area contributed by atoms with Crippen LogP contribution in [0, 0.1) is 11.3 Å². The SMILES string of the molecule is CC1(C)C(C=Cc2cccc(Cl)c2)C1(Cl)C(=O)O. The van der Waals surface area contributed by atoms with Gasteiger partial charge in [-0.15, -0.1) is 11.6 Å². The Bertz CT molecular complexity index is 522. The molecule has 4 heteroatoms. The summed E-state index contributed by atoms with van der Waals surface area (Å²) >= 11 is 12.0. The Morgan fingerprint density at radius 3 is 2.61 bits per heavy atom. The summed E-state index contributed by atoms with van der Waals surface area (Å²) in [5.41, 5.74) is 0.504. The van der Waals surface area contributed by atoms with Gasteiger partial charge in [-0.05, 0) is 17.7 Å². The smallest absolute Gasteiger partial charge is 0.325 e.